The third kappa shape index (κ3) is 3.17. The second kappa shape index (κ2) is 6.16. The van der Waals surface area contributed by atoms with Gasteiger partial charge >= 0.3 is 0 Å². The first-order chi connectivity index (χ1) is 9.24. The molecular formula is C18H33N. The van der Waals surface area contributed by atoms with Crippen LogP contribution in [0.5, 0.6) is 0 Å². The average Bonchev–Trinajstić information content (AvgIpc) is 2.55. The Hall–Kier alpha value is -0.0400. The molecule has 1 nitrogen and oxygen atoms in total. The second-order valence-corrected chi connectivity index (χ2v) is 7.91. The van der Waals surface area contributed by atoms with Crippen LogP contribution in [0.4, 0.5) is 0 Å². The van der Waals surface area contributed by atoms with Crippen molar-refractivity contribution in [1.82, 2.24) is 5.32 Å². The van der Waals surface area contributed by atoms with Gasteiger partial charge in [-0.3, -0.25) is 0 Å². The van der Waals surface area contributed by atoms with Gasteiger partial charge in [0.25, 0.3) is 0 Å². The maximum atomic E-state index is 4.05. The number of fused-ring (bicyclic) bond motifs is 3. The molecule has 1 heterocycles. The molecule has 0 aromatic carbocycles. The van der Waals surface area contributed by atoms with E-state index in [0.717, 1.165) is 35.8 Å². The summed E-state index contributed by atoms with van der Waals surface area (Å²) in [5.41, 5.74) is 0. The Kier molecular flexibility index (Phi) is 4.51. The highest BCUT2D eigenvalue weighted by Crippen LogP contribution is 2.44. The van der Waals surface area contributed by atoms with Crippen LogP contribution in [0.3, 0.4) is 0 Å². The minimum atomic E-state index is 0.759. The van der Waals surface area contributed by atoms with Gasteiger partial charge in [-0.1, -0.05) is 39.0 Å². The molecule has 0 aromatic rings. The van der Waals surface area contributed by atoms with Crippen LogP contribution in [0.15, 0.2) is 0 Å². The first-order valence-corrected chi connectivity index (χ1v) is 9.00. The Balaban J connectivity index is 1.76. The van der Waals surface area contributed by atoms with Crippen molar-refractivity contribution < 1.29 is 0 Å². The van der Waals surface area contributed by atoms with Crippen molar-refractivity contribution in [3.63, 3.8) is 0 Å². The molecule has 110 valence electrons. The predicted octanol–water partition coefficient (Wildman–Crippen LogP) is 4.76. The van der Waals surface area contributed by atoms with Crippen LogP contribution in [0.2, 0.25) is 0 Å². The molecule has 1 aliphatic heterocycles. The van der Waals surface area contributed by atoms with E-state index < -0.39 is 0 Å². The van der Waals surface area contributed by atoms with Gasteiger partial charge in [0.1, 0.15) is 0 Å². The predicted molar refractivity (Wildman–Crippen MR) is 82.2 cm³/mol. The maximum absolute atomic E-state index is 4.05. The van der Waals surface area contributed by atoms with Crippen LogP contribution in [-0.2, 0) is 0 Å². The first kappa shape index (κ1) is 13.9. The molecule has 0 spiro atoms. The Bertz CT molecular complexity index is 287. The minimum Gasteiger partial charge on any atom is -0.311 e. The lowest BCUT2D eigenvalue weighted by atomic mass is 9.64. The molecule has 3 rings (SSSR count). The molecule has 0 amide bonds. The molecule has 0 radical (unpaired) electrons. The fourth-order valence-electron chi connectivity index (χ4n) is 5.33. The zero-order chi connectivity index (χ0) is 13.2. The Morgan fingerprint density at radius 3 is 2.37 bits per heavy atom. The summed E-state index contributed by atoms with van der Waals surface area (Å²) in [6.07, 6.45) is 14.9. The summed E-state index contributed by atoms with van der Waals surface area (Å²) in [6, 6.07) is 1.62. The van der Waals surface area contributed by atoms with Gasteiger partial charge in [-0.05, 0) is 62.7 Å². The zero-order valence-corrected chi connectivity index (χ0v) is 13.0. The molecule has 3 aliphatic rings. The van der Waals surface area contributed by atoms with E-state index >= 15 is 0 Å². The van der Waals surface area contributed by atoms with Gasteiger partial charge in [-0.25, -0.2) is 0 Å². The van der Waals surface area contributed by atoms with E-state index in [2.05, 4.69) is 19.2 Å². The fourth-order valence-corrected chi connectivity index (χ4v) is 5.33. The summed E-state index contributed by atoms with van der Waals surface area (Å²) in [4.78, 5) is 0. The monoisotopic (exact) mass is 263 g/mol. The molecule has 1 N–H and O–H groups in total. The van der Waals surface area contributed by atoms with E-state index in [-0.39, 0.29) is 0 Å². The van der Waals surface area contributed by atoms with Crippen LogP contribution < -0.4 is 5.32 Å². The van der Waals surface area contributed by atoms with Crippen LogP contribution in [0.25, 0.3) is 0 Å². The third-order valence-corrected chi connectivity index (χ3v) is 6.37. The zero-order valence-electron chi connectivity index (χ0n) is 13.0. The van der Waals surface area contributed by atoms with Gasteiger partial charge in [0.05, 0.1) is 0 Å². The van der Waals surface area contributed by atoms with Crippen molar-refractivity contribution >= 4 is 0 Å². The standard InChI is InChI=1S/C18H33N/c1-13-6-3-4-8-15-10-11-16-9-5-7-14(2)19-18(16)17(15)12-13/h13-19H,3-12H2,1-2H3. The largest absolute Gasteiger partial charge is 0.311 e. The van der Waals surface area contributed by atoms with Crippen molar-refractivity contribution in [2.75, 3.05) is 0 Å². The molecule has 2 saturated carbocycles. The summed E-state index contributed by atoms with van der Waals surface area (Å²) < 4.78 is 0. The highest BCUT2D eigenvalue weighted by Gasteiger charge is 2.41. The van der Waals surface area contributed by atoms with Gasteiger partial charge in [0.15, 0.2) is 0 Å². The normalized spacial score (nSPS) is 48.3. The van der Waals surface area contributed by atoms with E-state index in [1.165, 1.54) is 64.2 Å². The summed E-state index contributed by atoms with van der Waals surface area (Å²) in [5, 5.41) is 4.05. The van der Waals surface area contributed by atoms with Gasteiger partial charge in [0, 0.05) is 12.1 Å². The molecule has 2 aliphatic carbocycles. The maximum Gasteiger partial charge on any atom is 0.0129 e. The summed E-state index contributed by atoms with van der Waals surface area (Å²) >= 11 is 0. The second-order valence-electron chi connectivity index (χ2n) is 7.91. The van der Waals surface area contributed by atoms with Crippen molar-refractivity contribution in [2.24, 2.45) is 23.7 Å². The Labute approximate surface area is 119 Å². The molecular weight excluding hydrogens is 230 g/mol. The number of rotatable bonds is 0. The minimum absolute atomic E-state index is 0.759. The van der Waals surface area contributed by atoms with Gasteiger partial charge < -0.3 is 5.32 Å². The van der Waals surface area contributed by atoms with Crippen LogP contribution in [0, 0.1) is 23.7 Å². The average molecular weight is 263 g/mol. The lowest BCUT2D eigenvalue weighted by Crippen LogP contribution is -2.50. The van der Waals surface area contributed by atoms with E-state index in [9.17, 15) is 0 Å². The summed E-state index contributed by atoms with van der Waals surface area (Å²) in [5.74, 6) is 4.00. The van der Waals surface area contributed by atoms with Crippen LogP contribution in [-0.4, -0.2) is 12.1 Å². The fraction of sp³-hybridized carbons (Fsp3) is 1.00. The summed E-state index contributed by atoms with van der Waals surface area (Å²) in [6.45, 7) is 4.92. The number of hydrogen-bond acceptors (Lipinski definition) is 1. The Morgan fingerprint density at radius 2 is 1.47 bits per heavy atom. The van der Waals surface area contributed by atoms with Gasteiger partial charge in [-0.2, -0.15) is 0 Å². The number of nitrogens with one attached hydrogen (secondary N) is 1. The van der Waals surface area contributed by atoms with E-state index in [1.807, 2.05) is 0 Å². The molecule has 1 saturated heterocycles. The van der Waals surface area contributed by atoms with Crippen LogP contribution in [0.1, 0.15) is 78.1 Å². The van der Waals surface area contributed by atoms with Gasteiger partial charge in [-0.15, -0.1) is 0 Å². The van der Waals surface area contributed by atoms with E-state index in [1.54, 1.807) is 0 Å². The molecule has 19 heavy (non-hydrogen) atoms. The third-order valence-electron chi connectivity index (χ3n) is 6.37. The van der Waals surface area contributed by atoms with Crippen molar-refractivity contribution in [2.45, 2.75) is 90.1 Å². The highest BCUT2D eigenvalue weighted by atomic mass is 15.0. The Morgan fingerprint density at radius 1 is 0.737 bits per heavy atom. The lowest BCUT2D eigenvalue weighted by Gasteiger charge is -2.46. The molecule has 0 aromatic heterocycles. The van der Waals surface area contributed by atoms with Crippen molar-refractivity contribution in [3.8, 4) is 0 Å². The molecule has 6 atom stereocenters. The first-order valence-electron chi connectivity index (χ1n) is 9.00. The number of hydrogen-bond donors (Lipinski definition) is 1. The molecule has 1 heteroatoms. The van der Waals surface area contributed by atoms with Crippen molar-refractivity contribution in [1.29, 1.82) is 0 Å². The SMILES string of the molecule is CC1CCCCC2CCC3CCCC(C)NC3C2C1. The van der Waals surface area contributed by atoms with E-state index in [4.69, 9.17) is 0 Å². The topological polar surface area (TPSA) is 12.0 Å². The smallest absolute Gasteiger partial charge is 0.0129 e. The van der Waals surface area contributed by atoms with Crippen LogP contribution >= 0.6 is 0 Å². The molecule has 3 fully saturated rings. The van der Waals surface area contributed by atoms with Gasteiger partial charge in [0.2, 0.25) is 0 Å². The molecule has 0 bridgehead atoms. The quantitative estimate of drug-likeness (QED) is 0.664. The highest BCUT2D eigenvalue weighted by molar-refractivity contribution is 4.95. The van der Waals surface area contributed by atoms with Crippen molar-refractivity contribution in [3.05, 3.63) is 0 Å². The lowest BCUT2D eigenvalue weighted by molar-refractivity contribution is 0.0790. The molecule has 6 unspecified atom stereocenters. The summed E-state index contributed by atoms with van der Waals surface area (Å²) in [7, 11) is 0. The van der Waals surface area contributed by atoms with E-state index in [0.29, 0.717) is 0 Å².